The van der Waals surface area contributed by atoms with Crippen LogP contribution in [-0.2, 0) is 32.0 Å². The molecule has 2 heterocycles. The number of aromatic nitrogens is 2. The van der Waals surface area contributed by atoms with E-state index in [0.29, 0.717) is 25.0 Å². The van der Waals surface area contributed by atoms with Crippen LogP contribution in [0.4, 0.5) is 5.69 Å². The number of aryl methyl sites for hydroxylation is 2. The fraction of sp³-hybridized carbons (Fsp3) is 0.333. The molecule has 0 bridgehead atoms. The van der Waals surface area contributed by atoms with Crippen molar-refractivity contribution in [3.63, 3.8) is 0 Å². The molecule has 0 radical (unpaired) electrons. The van der Waals surface area contributed by atoms with Crippen molar-refractivity contribution in [1.29, 1.82) is 0 Å². The quantitative estimate of drug-likeness (QED) is 0.494. The number of hydrogen-bond acceptors (Lipinski definition) is 6. The van der Waals surface area contributed by atoms with Gasteiger partial charge in [0.1, 0.15) is 23.8 Å². The van der Waals surface area contributed by atoms with Gasteiger partial charge >= 0.3 is 5.97 Å². The fourth-order valence-electron chi connectivity index (χ4n) is 3.45. The van der Waals surface area contributed by atoms with E-state index >= 15 is 0 Å². The molecular weight excluding hydrogens is 404 g/mol. The third-order valence-electron chi connectivity index (χ3n) is 4.97. The van der Waals surface area contributed by atoms with Crippen LogP contribution < -0.4 is 16.2 Å². The smallest absolute Gasteiger partial charge is 0.305 e. The summed E-state index contributed by atoms with van der Waals surface area (Å²) in [5.74, 6) is -1.85. The van der Waals surface area contributed by atoms with Gasteiger partial charge in [-0.15, -0.1) is 0 Å². The lowest BCUT2D eigenvalue weighted by Crippen LogP contribution is -2.43. The SMILES string of the molecule is O=CC(CC(=O)O)NC(=O)C1CCc2ncc(NC(=O)CCc3ccccc3)c(=O)n21. The number of carboxylic acids is 1. The van der Waals surface area contributed by atoms with Gasteiger partial charge in [-0.05, 0) is 18.4 Å². The Morgan fingerprint density at radius 3 is 2.68 bits per heavy atom. The molecule has 31 heavy (non-hydrogen) atoms. The molecule has 2 aromatic rings. The van der Waals surface area contributed by atoms with E-state index in [2.05, 4.69) is 15.6 Å². The Labute approximate surface area is 177 Å². The van der Waals surface area contributed by atoms with Gasteiger partial charge in [0.25, 0.3) is 5.56 Å². The summed E-state index contributed by atoms with van der Waals surface area (Å²) in [7, 11) is 0. The molecule has 0 saturated heterocycles. The maximum absolute atomic E-state index is 12.9. The first-order valence-corrected chi connectivity index (χ1v) is 9.80. The highest BCUT2D eigenvalue weighted by atomic mass is 16.4. The Bertz CT molecular complexity index is 1050. The predicted octanol–water partition coefficient (Wildman–Crippen LogP) is 0.460. The van der Waals surface area contributed by atoms with E-state index in [0.717, 1.165) is 5.56 Å². The monoisotopic (exact) mass is 426 g/mol. The van der Waals surface area contributed by atoms with E-state index < -0.39 is 35.9 Å². The molecule has 0 aliphatic carbocycles. The minimum absolute atomic E-state index is 0.0426. The normalized spacial score (nSPS) is 15.5. The Morgan fingerprint density at radius 1 is 1.26 bits per heavy atom. The first kappa shape index (κ1) is 21.9. The van der Waals surface area contributed by atoms with E-state index in [1.54, 1.807) is 0 Å². The van der Waals surface area contributed by atoms with Gasteiger partial charge in [-0.3, -0.25) is 23.7 Å². The molecule has 162 valence electrons. The van der Waals surface area contributed by atoms with Crippen LogP contribution in [-0.4, -0.2) is 44.8 Å². The van der Waals surface area contributed by atoms with Crippen LogP contribution in [0.2, 0.25) is 0 Å². The summed E-state index contributed by atoms with van der Waals surface area (Å²) < 4.78 is 1.19. The zero-order valence-electron chi connectivity index (χ0n) is 16.6. The summed E-state index contributed by atoms with van der Waals surface area (Å²) in [4.78, 5) is 63.7. The lowest BCUT2D eigenvalue weighted by molar-refractivity contribution is -0.139. The first-order valence-electron chi connectivity index (χ1n) is 9.80. The maximum atomic E-state index is 12.9. The third kappa shape index (κ3) is 5.41. The van der Waals surface area contributed by atoms with E-state index in [1.807, 2.05) is 30.3 Å². The van der Waals surface area contributed by atoms with Crippen molar-refractivity contribution >= 4 is 29.8 Å². The van der Waals surface area contributed by atoms with E-state index in [-0.39, 0.29) is 24.4 Å². The highest BCUT2D eigenvalue weighted by Crippen LogP contribution is 2.23. The molecule has 1 aliphatic rings. The average molecular weight is 426 g/mol. The summed E-state index contributed by atoms with van der Waals surface area (Å²) >= 11 is 0. The minimum Gasteiger partial charge on any atom is -0.481 e. The Morgan fingerprint density at radius 2 is 2.00 bits per heavy atom. The molecular formula is C21H22N4O6. The van der Waals surface area contributed by atoms with Crippen molar-refractivity contribution in [2.75, 3.05) is 5.32 Å². The second kappa shape index (κ2) is 9.79. The first-order chi connectivity index (χ1) is 14.9. The number of carboxylic acid groups (broad SMARTS) is 1. The molecule has 0 fully saturated rings. The van der Waals surface area contributed by atoms with Gasteiger partial charge in [0.2, 0.25) is 11.8 Å². The number of amides is 2. The van der Waals surface area contributed by atoms with Crippen LogP contribution in [0.3, 0.4) is 0 Å². The van der Waals surface area contributed by atoms with Crippen LogP contribution >= 0.6 is 0 Å². The topological polar surface area (TPSA) is 147 Å². The van der Waals surface area contributed by atoms with Gasteiger partial charge in [-0.1, -0.05) is 30.3 Å². The van der Waals surface area contributed by atoms with Crippen molar-refractivity contribution in [3.8, 4) is 0 Å². The average Bonchev–Trinajstić information content (AvgIpc) is 3.19. The van der Waals surface area contributed by atoms with Crippen molar-refractivity contribution < 1.29 is 24.3 Å². The van der Waals surface area contributed by atoms with Crippen LogP contribution in [0.25, 0.3) is 0 Å². The summed E-state index contributed by atoms with van der Waals surface area (Å²) in [6.07, 6.45) is 2.37. The van der Waals surface area contributed by atoms with Crippen LogP contribution in [0.15, 0.2) is 41.3 Å². The number of hydrogen-bond donors (Lipinski definition) is 3. The number of rotatable bonds is 9. The molecule has 1 aliphatic heterocycles. The molecule has 0 saturated carbocycles. The summed E-state index contributed by atoms with van der Waals surface area (Å²) in [6.45, 7) is 0. The van der Waals surface area contributed by atoms with Gasteiger partial charge in [0.05, 0.1) is 18.7 Å². The van der Waals surface area contributed by atoms with Crippen molar-refractivity contribution in [2.45, 2.75) is 44.2 Å². The molecule has 3 rings (SSSR count). The number of fused-ring (bicyclic) bond motifs is 1. The summed E-state index contributed by atoms with van der Waals surface area (Å²) in [6, 6.07) is 7.30. The second-order valence-electron chi connectivity index (χ2n) is 7.20. The third-order valence-corrected chi connectivity index (χ3v) is 4.97. The van der Waals surface area contributed by atoms with Crippen LogP contribution in [0, 0.1) is 0 Å². The Balaban J connectivity index is 1.70. The predicted molar refractivity (Wildman–Crippen MR) is 109 cm³/mol. The molecule has 1 aromatic heterocycles. The highest BCUT2D eigenvalue weighted by molar-refractivity contribution is 5.90. The second-order valence-corrected chi connectivity index (χ2v) is 7.20. The van der Waals surface area contributed by atoms with E-state index in [1.165, 1.54) is 10.8 Å². The Kier molecular flexibility index (Phi) is 6.91. The van der Waals surface area contributed by atoms with Gasteiger partial charge in [-0.2, -0.15) is 0 Å². The van der Waals surface area contributed by atoms with Crippen LogP contribution in [0.5, 0.6) is 0 Å². The number of aliphatic carboxylic acids is 1. The zero-order valence-corrected chi connectivity index (χ0v) is 16.6. The van der Waals surface area contributed by atoms with Gasteiger partial charge in [0.15, 0.2) is 0 Å². The van der Waals surface area contributed by atoms with Crippen LogP contribution in [0.1, 0.15) is 36.7 Å². The van der Waals surface area contributed by atoms with Crippen molar-refractivity contribution in [3.05, 3.63) is 58.3 Å². The molecule has 10 nitrogen and oxygen atoms in total. The lowest BCUT2D eigenvalue weighted by Gasteiger charge is -2.17. The number of anilines is 1. The lowest BCUT2D eigenvalue weighted by atomic mass is 10.1. The zero-order chi connectivity index (χ0) is 22.4. The number of aldehydes is 1. The van der Waals surface area contributed by atoms with Crippen molar-refractivity contribution in [2.24, 2.45) is 0 Å². The van der Waals surface area contributed by atoms with Gasteiger partial charge in [-0.25, -0.2) is 4.98 Å². The molecule has 1 aromatic carbocycles. The largest absolute Gasteiger partial charge is 0.481 e. The summed E-state index contributed by atoms with van der Waals surface area (Å²) in [5, 5.41) is 13.7. The van der Waals surface area contributed by atoms with Gasteiger partial charge in [0, 0.05) is 12.8 Å². The fourth-order valence-corrected chi connectivity index (χ4v) is 3.45. The standard InChI is InChI=1S/C21H22N4O6/c26-12-14(10-19(28)29)23-20(30)16-7-8-17-22-11-15(21(31)25(16)17)24-18(27)9-6-13-4-2-1-3-5-13/h1-5,11-12,14,16H,6-10H2,(H,23,30)(H,24,27)(H,28,29). The molecule has 10 heteroatoms. The molecule has 2 amide bonds. The van der Waals surface area contributed by atoms with E-state index in [9.17, 15) is 24.0 Å². The molecule has 3 N–H and O–H groups in total. The number of carbonyl (C=O) groups is 4. The molecule has 2 unspecified atom stereocenters. The van der Waals surface area contributed by atoms with Crippen molar-refractivity contribution in [1.82, 2.24) is 14.9 Å². The number of carbonyl (C=O) groups excluding carboxylic acids is 3. The van der Waals surface area contributed by atoms with E-state index in [4.69, 9.17) is 5.11 Å². The number of nitrogens with one attached hydrogen (secondary N) is 2. The number of nitrogens with zero attached hydrogens (tertiary/aromatic N) is 2. The Hall–Kier alpha value is -3.82. The molecule has 0 spiro atoms. The minimum atomic E-state index is -1.23. The number of benzene rings is 1. The highest BCUT2D eigenvalue weighted by Gasteiger charge is 2.32. The van der Waals surface area contributed by atoms with Gasteiger partial charge < -0.3 is 20.5 Å². The summed E-state index contributed by atoms with van der Waals surface area (Å²) in [5.41, 5.74) is 0.375. The molecule has 2 atom stereocenters. The maximum Gasteiger partial charge on any atom is 0.305 e.